The number of aromatic nitrogens is 4. The Labute approximate surface area is 403 Å². The van der Waals surface area contributed by atoms with Gasteiger partial charge in [-0.1, -0.05) is 35.5 Å². The molecule has 7 rings (SSSR count). The fourth-order valence-corrected chi connectivity index (χ4v) is 9.44. The number of piperidine rings is 2. The van der Waals surface area contributed by atoms with Crippen molar-refractivity contribution in [3.8, 4) is 0 Å². The van der Waals surface area contributed by atoms with Crippen LogP contribution in [-0.4, -0.2) is 128 Å². The van der Waals surface area contributed by atoms with Crippen molar-refractivity contribution in [2.45, 2.75) is 86.4 Å². The number of imide groups is 1. The lowest BCUT2D eigenvalue weighted by Gasteiger charge is -2.41. The Balaban J connectivity index is 0.690. The average molecular weight is 979 g/mol. The fraction of sp³-hybridized carbons (Fsp3) is 0.522. The number of amides is 4. The minimum atomic E-state index is -0.820. The standard InChI is InChI=1S/C46H60ClN11O9S/c1-29-41(48)46(28-67-29)13-17-57(18-14-46)36-27-52-44(42(49)55-36)68-35-6-2-5-33(40(35)47)54-38(60)12-11-37(59)51-16-4-20-65-22-24-66-23-21-64-19-3-15-50-31-8-7-30-26-53-58(45(63)32(30)25-31)34-9-10-39(61)56-43(34)62/h2,5-8,25-27,29,34,41,50H,3-4,9-24,28,48H2,1H3,(H2,49,55)(H,51,59)(H,54,60)(H,56,61,62)/t29-,34?,41+/m1/s1. The van der Waals surface area contributed by atoms with Crippen molar-refractivity contribution >= 4 is 80.8 Å². The van der Waals surface area contributed by atoms with Crippen molar-refractivity contribution in [3.63, 3.8) is 0 Å². The van der Waals surface area contributed by atoms with Gasteiger partial charge in [0.15, 0.2) is 5.82 Å². The molecule has 3 atom stereocenters. The molecule has 2 aromatic heterocycles. The van der Waals surface area contributed by atoms with Gasteiger partial charge < -0.3 is 51.3 Å². The minimum absolute atomic E-state index is 0.000889. The van der Waals surface area contributed by atoms with Gasteiger partial charge in [-0.05, 0) is 63.3 Å². The summed E-state index contributed by atoms with van der Waals surface area (Å²) in [6.07, 6.45) is 6.86. The van der Waals surface area contributed by atoms with Gasteiger partial charge in [-0.25, -0.2) is 14.6 Å². The Bertz CT molecular complexity index is 2470. The van der Waals surface area contributed by atoms with Crippen molar-refractivity contribution in [1.82, 2.24) is 30.4 Å². The molecule has 20 nitrogen and oxygen atoms in total. The van der Waals surface area contributed by atoms with Gasteiger partial charge >= 0.3 is 0 Å². The molecule has 8 N–H and O–H groups in total. The number of ether oxygens (including phenoxy) is 4. The molecule has 0 bridgehead atoms. The molecule has 0 aliphatic carbocycles. The molecule has 22 heteroatoms. The molecule has 366 valence electrons. The molecule has 5 heterocycles. The summed E-state index contributed by atoms with van der Waals surface area (Å²) >= 11 is 7.96. The first-order valence-corrected chi connectivity index (χ1v) is 24.2. The summed E-state index contributed by atoms with van der Waals surface area (Å²) in [7, 11) is 0. The highest BCUT2D eigenvalue weighted by molar-refractivity contribution is 7.99. The number of carbonyl (C=O) groups is 4. The van der Waals surface area contributed by atoms with Crippen molar-refractivity contribution in [2.75, 3.05) is 93.7 Å². The number of fused-ring (bicyclic) bond motifs is 1. The third-order valence-corrected chi connectivity index (χ3v) is 13.9. The Morgan fingerprint density at radius 1 is 0.971 bits per heavy atom. The topological polar surface area (TPSA) is 269 Å². The Kier molecular flexibility index (Phi) is 18.0. The number of carbonyl (C=O) groups excluding carboxylic acids is 4. The van der Waals surface area contributed by atoms with Gasteiger partial charge in [0.1, 0.15) is 16.9 Å². The highest BCUT2D eigenvalue weighted by Gasteiger charge is 2.47. The molecule has 4 aromatic rings. The molecular formula is C46H60ClN11O9S. The predicted molar refractivity (Wildman–Crippen MR) is 258 cm³/mol. The van der Waals surface area contributed by atoms with E-state index in [1.54, 1.807) is 36.7 Å². The van der Waals surface area contributed by atoms with Crippen LogP contribution in [0.25, 0.3) is 10.8 Å². The Hall–Kier alpha value is -5.42. The lowest BCUT2D eigenvalue weighted by molar-refractivity contribution is -0.136. The van der Waals surface area contributed by atoms with Crippen LogP contribution in [0.2, 0.25) is 5.02 Å². The van der Waals surface area contributed by atoms with E-state index in [0.717, 1.165) is 42.7 Å². The Morgan fingerprint density at radius 3 is 2.40 bits per heavy atom. The van der Waals surface area contributed by atoms with Crippen LogP contribution in [0.15, 0.2) is 63.5 Å². The molecule has 0 radical (unpaired) electrons. The summed E-state index contributed by atoms with van der Waals surface area (Å²) in [6, 6.07) is 9.87. The molecular weight excluding hydrogens is 918 g/mol. The van der Waals surface area contributed by atoms with E-state index in [4.69, 9.17) is 42.0 Å². The van der Waals surface area contributed by atoms with E-state index < -0.39 is 11.9 Å². The van der Waals surface area contributed by atoms with E-state index in [-0.39, 0.29) is 72.3 Å². The van der Waals surface area contributed by atoms with Crippen LogP contribution in [0, 0.1) is 5.41 Å². The van der Waals surface area contributed by atoms with Crippen LogP contribution >= 0.6 is 23.4 Å². The number of halogens is 1. The maximum absolute atomic E-state index is 13.1. The maximum Gasteiger partial charge on any atom is 0.275 e. The quantitative estimate of drug-likeness (QED) is 0.0457. The van der Waals surface area contributed by atoms with Gasteiger partial charge in [0, 0.05) is 86.1 Å². The summed E-state index contributed by atoms with van der Waals surface area (Å²) in [5.74, 6) is -0.476. The first kappa shape index (κ1) is 50.5. The van der Waals surface area contributed by atoms with Crippen molar-refractivity contribution < 1.29 is 38.1 Å². The number of hydrogen-bond donors (Lipinski definition) is 6. The summed E-state index contributed by atoms with van der Waals surface area (Å²) in [4.78, 5) is 74.2. The number of hydrogen-bond acceptors (Lipinski definition) is 17. The number of rotatable bonds is 23. The third kappa shape index (κ3) is 13.2. The zero-order valence-corrected chi connectivity index (χ0v) is 39.7. The van der Waals surface area contributed by atoms with Gasteiger partial charge in [0.2, 0.25) is 17.7 Å². The largest absolute Gasteiger partial charge is 0.385 e. The van der Waals surface area contributed by atoms with Crippen molar-refractivity contribution in [3.05, 3.63) is 64.2 Å². The van der Waals surface area contributed by atoms with Crippen LogP contribution in [0.4, 0.5) is 23.0 Å². The van der Waals surface area contributed by atoms with E-state index in [2.05, 4.69) is 41.2 Å². The first-order valence-electron chi connectivity index (χ1n) is 23.0. The molecule has 4 amide bonds. The van der Waals surface area contributed by atoms with Gasteiger partial charge in [-0.2, -0.15) is 5.10 Å². The number of benzene rings is 2. The van der Waals surface area contributed by atoms with Gasteiger partial charge in [-0.15, -0.1) is 0 Å². The smallest absolute Gasteiger partial charge is 0.275 e. The molecule has 3 aliphatic rings. The normalized spacial score (nSPS) is 19.0. The van der Waals surface area contributed by atoms with Crippen molar-refractivity contribution in [1.29, 1.82) is 0 Å². The lowest BCUT2D eigenvalue weighted by atomic mass is 9.73. The molecule has 3 aliphatic heterocycles. The zero-order valence-electron chi connectivity index (χ0n) is 38.1. The maximum atomic E-state index is 13.1. The predicted octanol–water partition coefficient (Wildman–Crippen LogP) is 3.66. The van der Waals surface area contributed by atoms with Crippen LogP contribution in [0.3, 0.4) is 0 Å². The summed E-state index contributed by atoms with van der Waals surface area (Å²) < 4.78 is 23.8. The summed E-state index contributed by atoms with van der Waals surface area (Å²) in [6.45, 7) is 7.94. The highest BCUT2D eigenvalue weighted by Crippen LogP contribution is 2.43. The summed E-state index contributed by atoms with van der Waals surface area (Å²) in [5, 5.41) is 17.3. The van der Waals surface area contributed by atoms with E-state index in [0.29, 0.717) is 103 Å². The molecule has 1 spiro atoms. The van der Waals surface area contributed by atoms with Crippen LogP contribution in [0.1, 0.15) is 64.3 Å². The van der Waals surface area contributed by atoms with Crippen LogP contribution in [0.5, 0.6) is 0 Å². The van der Waals surface area contributed by atoms with Gasteiger partial charge in [0.25, 0.3) is 11.5 Å². The average Bonchev–Trinajstić information content (AvgIpc) is 3.60. The summed E-state index contributed by atoms with van der Waals surface area (Å²) in [5.41, 5.74) is 13.6. The van der Waals surface area contributed by atoms with E-state index >= 15 is 0 Å². The number of nitrogens with one attached hydrogen (secondary N) is 4. The number of nitrogens with two attached hydrogens (primary N) is 2. The molecule has 3 saturated heterocycles. The molecule has 0 saturated carbocycles. The molecule has 1 unspecified atom stereocenters. The highest BCUT2D eigenvalue weighted by atomic mass is 35.5. The van der Waals surface area contributed by atoms with Crippen LogP contribution < -0.4 is 43.2 Å². The molecule has 2 aromatic carbocycles. The minimum Gasteiger partial charge on any atom is -0.385 e. The lowest BCUT2D eigenvalue weighted by Crippen LogP contribution is -2.50. The monoisotopic (exact) mass is 977 g/mol. The van der Waals surface area contributed by atoms with Gasteiger partial charge in [0.05, 0.1) is 67.6 Å². The SMILES string of the molecule is C[C@H]1OCC2(CCN(c3cnc(Sc4cccc(NC(=O)CCC(=O)NCCCOCCOCCOCCCNc5ccc6cnn(C7CCC(=O)NC7=O)c(=O)c6c5)c4Cl)c(N)n3)CC2)[C@H]1N. The number of anilines is 4. The van der Waals surface area contributed by atoms with E-state index in [9.17, 15) is 24.0 Å². The van der Waals surface area contributed by atoms with E-state index in [1.165, 1.54) is 11.8 Å². The van der Waals surface area contributed by atoms with Crippen LogP contribution in [-0.2, 0) is 38.1 Å². The van der Waals surface area contributed by atoms with E-state index in [1.807, 2.05) is 19.1 Å². The second kappa shape index (κ2) is 24.2. The third-order valence-electron chi connectivity index (χ3n) is 12.3. The zero-order chi connectivity index (χ0) is 48.0. The van der Waals surface area contributed by atoms with Gasteiger partial charge in [-0.3, -0.25) is 29.3 Å². The Morgan fingerprint density at radius 2 is 1.69 bits per heavy atom. The van der Waals surface area contributed by atoms with Crippen molar-refractivity contribution in [2.24, 2.45) is 11.1 Å². The molecule has 3 fully saturated rings. The second-order valence-corrected chi connectivity index (χ2v) is 18.5. The number of nitrogens with zero attached hydrogens (tertiary/aromatic N) is 5. The number of nitrogen functional groups attached to an aromatic ring is 1. The fourth-order valence-electron chi connectivity index (χ4n) is 8.34. The second-order valence-electron chi connectivity index (χ2n) is 17.1. The molecule has 68 heavy (non-hydrogen) atoms. The first-order chi connectivity index (χ1) is 32.9.